The zero-order chi connectivity index (χ0) is 11.4. The van der Waals surface area contributed by atoms with Crippen LogP contribution in [0.1, 0.15) is 25.3 Å². The quantitative estimate of drug-likeness (QED) is 0.835. The van der Waals surface area contributed by atoms with E-state index < -0.39 is 0 Å². The third-order valence-electron chi connectivity index (χ3n) is 3.52. The maximum atomic E-state index is 3.44. The number of piperazine rings is 1. The van der Waals surface area contributed by atoms with E-state index in [1.165, 1.54) is 18.7 Å². The van der Waals surface area contributed by atoms with Crippen molar-refractivity contribution in [1.82, 2.24) is 10.2 Å². The van der Waals surface area contributed by atoms with Gasteiger partial charge in [-0.15, -0.1) is 0 Å². The van der Waals surface area contributed by atoms with Crippen LogP contribution in [0.5, 0.6) is 0 Å². The molecule has 0 unspecified atom stereocenters. The van der Waals surface area contributed by atoms with Crippen LogP contribution >= 0.6 is 0 Å². The topological polar surface area (TPSA) is 15.3 Å². The van der Waals surface area contributed by atoms with Crippen molar-refractivity contribution in [3.63, 3.8) is 0 Å². The molecule has 1 aromatic rings. The molecule has 1 saturated heterocycles. The van der Waals surface area contributed by atoms with E-state index in [4.69, 9.17) is 0 Å². The first-order chi connectivity index (χ1) is 7.77. The summed E-state index contributed by atoms with van der Waals surface area (Å²) in [6.07, 6.45) is 0. The zero-order valence-corrected chi connectivity index (χ0v) is 10.3. The van der Waals surface area contributed by atoms with Crippen molar-refractivity contribution >= 4 is 0 Å². The lowest BCUT2D eigenvalue weighted by atomic mass is 10.00. The molecule has 0 bridgehead atoms. The van der Waals surface area contributed by atoms with E-state index in [1.807, 2.05) is 0 Å². The van der Waals surface area contributed by atoms with Crippen LogP contribution in [0.2, 0.25) is 0 Å². The standard InChI is InChI=1S/C14H22N2/c1-12(14-6-4-3-5-7-14)11-16-9-8-15-10-13(16)2/h3-7,12-13,15H,8-11H2,1-2H3/t12-,13+/m1/s1. The molecule has 88 valence electrons. The third-order valence-corrected chi connectivity index (χ3v) is 3.52. The molecule has 2 atom stereocenters. The van der Waals surface area contributed by atoms with Crippen LogP contribution in [-0.2, 0) is 0 Å². The highest BCUT2D eigenvalue weighted by molar-refractivity contribution is 5.19. The average Bonchev–Trinajstić information content (AvgIpc) is 2.33. The molecule has 2 nitrogen and oxygen atoms in total. The normalized spacial score (nSPS) is 24.2. The fraction of sp³-hybridized carbons (Fsp3) is 0.571. The van der Waals surface area contributed by atoms with E-state index in [0.29, 0.717) is 12.0 Å². The lowest BCUT2D eigenvalue weighted by Crippen LogP contribution is -2.50. The Kier molecular flexibility index (Phi) is 3.97. The molecule has 1 aliphatic rings. The minimum atomic E-state index is 0.627. The predicted octanol–water partition coefficient (Wildman–Crippen LogP) is 2.08. The van der Waals surface area contributed by atoms with Gasteiger partial charge in [-0.25, -0.2) is 0 Å². The molecule has 1 aliphatic heterocycles. The zero-order valence-electron chi connectivity index (χ0n) is 10.3. The molecule has 0 aromatic heterocycles. The summed E-state index contributed by atoms with van der Waals surface area (Å²) < 4.78 is 0. The van der Waals surface area contributed by atoms with Gasteiger partial charge in [0.25, 0.3) is 0 Å². The third kappa shape index (κ3) is 2.83. The first-order valence-electron chi connectivity index (χ1n) is 6.27. The molecule has 1 heterocycles. The molecule has 0 saturated carbocycles. The Hall–Kier alpha value is -0.860. The second-order valence-corrected chi connectivity index (χ2v) is 4.86. The Labute approximate surface area is 98.7 Å². The summed E-state index contributed by atoms with van der Waals surface area (Å²) in [6.45, 7) is 9.24. The minimum Gasteiger partial charge on any atom is -0.314 e. The molecular weight excluding hydrogens is 196 g/mol. The highest BCUT2D eigenvalue weighted by Gasteiger charge is 2.19. The summed E-state index contributed by atoms with van der Waals surface area (Å²) in [4.78, 5) is 2.59. The van der Waals surface area contributed by atoms with Gasteiger partial charge in [0.2, 0.25) is 0 Å². The number of rotatable bonds is 3. The van der Waals surface area contributed by atoms with Gasteiger partial charge in [-0.3, -0.25) is 4.90 Å². The Morgan fingerprint density at radius 1 is 1.38 bits per heavy atom. The van der Waals surface area contributed by atoms with Crippen LogP contribution in [0.4, 0.5) is 0 Å². The molecule has 1 aromatic carbocycles. The maximum Gasteiger partial charge on any atom is 0.0193 e. The van der Waals surface area contributed by atoms with E-state index in [1.54, 1.807) is 0 Å². The van der Waals surface area contributed by atoms with Gasteiger partial charge in [0.1, 0.15) is 0 Å². The molecule has 2 heteroatoms. The van der Waals surface area contributed by atoms with Crippen molar-refractivity contribution in [2.45, 2.75) is 25.8 Å². The SMILES string of the molecule is C[C@H](CN1CCNC[C@@H]1C)c1ccccc1. The van der Waals surface area contributed by atoms with Crippen molar-refractivity contribution < 1.29 is 0 Å². The molecule has 0 radical (unpaired) electrons. The van der Waals surface area contributed by atoms with Gasteiger partial charge >= 0.3 is 0 Å². The minimum absolute atomic E-state index is 0.627. The Bertz CT molecular complexity index is 310. The molecule has 16 heavy (non-hydrogen) atoms. The smallest absolute Gasteiger partial charge is 0.0193 e. The van der Waals surface area contributed by atoms with Crippen LogP contribution < -0.4 is 5.32 Å². The van der Waals surface area contributed by atoms with Crippen molar-refractivity contribution in [1.29, 1.82) is 0 Å². The first-order valence-corrected chi connectivity index (χ1v) is 6.27. The Morgan fingerprint density at radius 3 is 2.81 bits per heavy atom. The Balaban J connectivity index is 1.94. The van der Waals surface area contributed by atoms with E-state index in [0.717, 1.165) is 13.1 Å². The lowest BCUT2D eigenvalue weighted by Gasteiger charge is -2.35. The number of hydrogen-bond acceptors (Lipinski definition) is 2. The van der Waals surface area contributed by atoms with Gasteiger partial charge in [0.15, 0.2) is 0 Å². The van der Waals surface area contributed by atoms with Gasteiger partial charge in [0, 0.05) is 32.2 Å². The van der Waals surface area contributed by atoms with Crippen molar-refractivity contribution in [2.24, 2.45) is 0 Å². The second kappa shape index (κ2) is 5.46. The summed E-state index contributed by atoms with van der Waals surface area (Å²) in [5, 5.41) is 3.44. The summed E-state index contributed by atoms with van der Waals surface area (Å²) in [5.41, 5.74) is 1.45. The number of nitrogens with zero attached hydrogens (tertiary/aromatic N) is 1. The van der Waals surface area contributed by atoms with Gasteiger partial charge in [0.05, 0.1) is 0 Å². The molecule has 0 amide bonds. The predicted molar refractivity (Wildman–Crippen MR) is 68.8 cm³/mol. The van der Waals surface area contributed by atoms with E-state index >= 15 is 0 Å². The monoisotopic (exact) mass is 218 g/mol. The molecule has 1 fully saturated rings. The largest absolute Gasteiger partial charge is 0.314 e. The van der Waals surface area contributed by atoms with Gasteiger partial charge in [-0.1, -0.05) is 37.3 Å². The van der Waals surface area contributed by atoms with Crippen LogP contribution in [0.25, 0.3) is 0 Å². The maximum absolute atomic E-state index is 3.44. The van der Waals surface area contributed by atoms with Gasteiger partial charge in [-0.05, 0) is 18.4 Å². The van der Waals surface area contributed by atoms with Gasteiger partial charge < -0.3 is 5.32 Å². The summed E-state index contributed by atoms with van der Waals surface area (Å²) in [5.74, 6) is 0.627. The van der Waals surface area contributed by atoms with Crippen molar-refractivity contribution in [3.05, 3.63) is 35.9 Å². The summed E-state index contributed by atoms with van der Waals surface area (Å²) in [6, 6.07) is 11.5. The van der Waals surface area contributed by atoms with Crippen molar-refractivity contribution in [2.75, 3.05) is 26.2 Å². The van der Waals surface area contributed by atoms with E-state index in [2.05, 4.69) is 54.4 Å². The van der Waals surface area contributed by atoms with Crippen LogP contribution in [0, 0.1) is 0 Å². The summed E-state index contributed by atoms with van der Waals surface area (Å²) in [7, 11) is 0. The molecule has 0 spiro atoms. The molecule has 1 N–H and O–H groups in total. The van der Waals surface area contributed by atoms with Crippen LogP contribution in [0.15, 0.2) is 30.3 Å². The summed E-state index contributed by atoms with van der Waals surface area (Å²) >= 11 is 0. The first kappa shape index (κ1) is 11.6. The number of benzene rings is 1. The van der Waals surface area contributed by atoms with Gasteiger partial charge in [-0.2, -0.15) is 0 Å². The fourth-order valence-electron chi connectivity index (χ4n) is 2.39. The lowest BCUT2D eigenvalue weighted by molar-refractivity contribution is 0.166. The van der Waals surface area contributed by atoms with E-state index in [-0.39, 0.29) is 0 Å². The van der Waals surface area contributed by atoms with Crippen LogP contribution in [-0.4, -0.2) is 37.1 Å². The average molecular weight is 218 g/mol. The second-order valence-electron chi connectivity index (χ2n) is 4.86. The van der Waals surface area contributed by atoms with Crippen molar-refractivity contribution in [3.8, 4) is 0 Å². The molecular formula is C14H22N2. The highest BCUT2D eigenvalue weighted by Crippen LogP contribution is 2.17. The number of hydrogen-bond donors (Lipinski definition) is 1. The Morgan fingerprint density at radius 2 is 2.12 bits per heavy atom. The molecule has 0 aliphatic carbocycles. The van der Waals surface area contributed by atoms with E-state index in [9.17, 15) is 0 Å². The fourth-order valence-corrected chi connectivity index (χ4v) is 2.39. The number of nitrogens with one attached hydrogen (secondary N) is 1. The molecule has 2 rings (SSSR count). The van der Waals surface area contributed by atoms with Crippen LogP contribution in [0.3, 0.4) is 0 Å². The highest BCUT2D eigenvalue weighted by atomic mass is 15.2.